The molecule has 0 bridgehead atoms. The minimum Gasteiger partial charge on any atom is -0.369 e. The molecule has 0 aromatic heterocycles. The van der Waals surface area contributed by atoms with Gasteiger partial charge in [0.25, 0.3) is 0 Å². The van der Waals surface area contributed by atoms with E-state index in [1.165, 1.54) is 0 Å². The number of amides is 1. The number of hydrogen-bond donors (Lipinski definition) is 1. The number of carbonyl (C=O) groups is 2. The van der Waals surface area contributed by atoms with Crippen molar-refractivity contribution in [3.8, 4) is 0 Å². The van der Waals surface area contributed by atoms with Crippen molar-refractivity contribution in [2.75, 3.05) is 43.4 Å². The van der Waals surface area contributed by atoms with Crippen LogP contribution in [0.4, 0.5) is 11.4 Å². The van der Waals surface area contributed by atoms with Crippen LogP contribution in [0.1, 0.15) is 23.2 Å². The van der Waals surface area contributed by atoms with Gasteiger partial charge in [0.05, 0.1) is 0 Å². The van der Waals surface area contributed by atoms with Gasteiger partial charge in [-0.05, 0) is 43.4 Å². The lowest BCUT2D eigenvalue weighted by molar-refractivity contribution is -0.116. The highest BCUT2D eigenvalue weighted by molar-refractivity contribution is 6.31. The molecule has 27 heavy (non-hydrogen) atoms. The van der Waals surface area contributed by atoms with Crippen LogP contribution < -0.4 is 10.2 Å². The molecule has 1 heterocycles. The lowest BCUT2D eigenvalue weighted by atomic mass is 10.1. The summed E-state index contributed by atoms with van der Waals surface area (Å²) in [6.45, 7) is 4.12. The first-order chi connectivity index (χ1) is 13.0. The van der Waals surface area contributed by atoms with E-state index in [2.05, 4.69) is 22.2 Å². The highest BCUT2D eigenvalue weighted by Crippen LogP contribution is 2.20. The number of likely N-dealkylation sites (N-methyl/N-ethyl adjacent to an activating group) is 1. The molecule has 1 saturated heterocycles. The summed E-state index contributed by atoms with van der Waals surface area (Å²) in [7, 11) is 2.13. The van der Waals surface area contributed by atoms with Crippen LogP contribution in [0.15, 0.2) is 48.5 Å². The lowest BCUT2D eigenvalue weighted by Gasteiger charge is -2.34. The Morgan fingerprint density at radius 2 is 1.70 bits per heavy atom. The van der Waals surface area contributed by atoms with Crippen molar-refractivity contribution < 1.29 is 9.59 Å². The molecule has 1 fully saturated rings. The van der Waals surface area contributed by atoms with Gasteiger partial charge in [-0.1, -0.05) is 23.7 Å². The van der Waals surface area contributed by atoms with Crippen molar-refractivity contribution in [2.45, 2.75) is 12.8 Å². The van der Waals surface area contributed by atoms with Crippen molar-refractivity contribution in [3.63, 3.8) is 0 Å². The van der Waals surface area contributed by atoms with Gasteiger partial charge >= 0.3 is 0 Å². The van der Waals surface area contributed by atoms with E-state index in [0.29, 0.717) is 10.6 Å². The van der Waals surface area contributed by atoms with Gasteiger partial charge in [-0.2, -0.15) is 0 Å². The summed E-state index contributed by atoms with van der Waals surface area (Å²) >= 11 is 5.90. The Labute approximate surface area is 164 Å². The zero-order valence-corrected chi connectivity index (χ0v) is 16.2. The van der Waals surface area contributed by atoms with Crippen LogP contribution in [0.25, 0.3) is 0 Å². The number of nitrogens with one attached hydrogen (secondary N) is 1. The summed E-state index contributed by atoms with van der Waals surface area (Å²) in [5, 5.41) is 3.37. The monoisotopic (exact) mass is 385 g/mol. The first-order valence-corrected chi connectivity index (χ1v) is 9.51. The number of hydrogen-bond acceptors (Lipinski definition) is 4. The third-order valence-electron chi connectivity index (χ3n) is 4.75. The Kier molecular flexibility index (Phi) is 6.48. The van der Waals surface area contributed by atoms with E-state index < -0.39 is 0 Å². The first-order valence-electron chi connectivity index (χ1n) is 9.13. The molecule has 0 unspecified atom stereocenters. The van der Waals surface area contributed by atoms with E-state index >= 15 is 0 Å². The average molecular weight is 386 g/mol. The summed E-state index contributed by atoms with van der Waals surface area (Å²) in [5.41, 5.74) is 2.44. The van der Waals surface area contributed by atoms with Crippen LogP contribution in [0.3, 0.4) is 0 Å². The SMILES string of the molecule is CN1CCN(c2ccc(NC(=O)CCC(=O)c3cccc(Cl)c3)cc2)CC1. The summed E-state index contributed by atoms with van der Waals surface area (Å²) in [6, 6.07) is 14.7. The zero-order valence-electron chi connectivity index (χ0n) is 15.5. The molecule has 0 aliphatic carbocycles. The van der Waals surface area contributed by atoms with Gasteiger partial charge in [0.2, 0.25) is 5.91 Å². The van der Waals surface area contributed by atoms with E-state index in [1.807, 2.05) is 24.3 Å². The smallest absolute Gasteiger partial charge is 0.224 e. The Balaban J connectivity index is 1.48. The Morgan fingerprint density at radius 3 is 2.37 bits per heavy atom. The molecule has 0 saturated carbocycles. The van der Waals surface area contributed by atoms with Gasteiger partial charge in [-0.25, -0.2) is 0 Å². The summed E-state index contributed by atoms with van der Waals surface area (Å²) in [5.74, 6) is -0.254. The number of piperazine rings is 1. The van der Waals surface area contributed by atoms with Gasteiger partial charge in [0, 0.05) is 61.0 Å². The molecular weight excluding hydrogens is 362 g/mol. The van der Waals surface area contributed by atoms with Crippen molar-refractivity contribution in [1.82, 2.24) is 4.90 Å². The Morgan fingerprint density at radius 1 is 1.00 bits per heavy atom. The fraction of sp³-hybridized carbons (Fsp3) is 0.333. The van der Waals surface area contributed by atoms with Gasteiger partial charge < -0.3 is 15.1 Å². The molecular formula is C21H24ClN3O2. The summed E-state index contributed by atoms with van der Waals surface area (Å²) in [4.78, 5) is 28.9. The maximum Gasteiger partial charge on any atom is 0.224 e. The number of halogens is 1. The lowest BCUT2D eigenvalue weighted by Crippen LogP contribution is -2.44. The fourth-order valence-electron chi connectivity index (χ4n) is 3.08. The van der Waals surface area contributed by atoms with Crippen molar-refractivity contribution >= 4 is 34.7 Å². The standard InChI is InChI=1S/C21H24ClN3O2/c1-24-11-13-25(14-12-24)19-7-5-18(6-8-19)23-21(27)10-9-20(26)16-3-2-4-17(22)15-16/h2-8,15H,9-14H2,1H3,(H,23,27). The molecule has 5 nitrogen and oxygen atoms in total. The summed E-state index contributed by atoms with van der Waals surface area (Å²) in [6.07, 6.45) is 0.303. The molecule has 2 aromatic carbocycles. The number of ketones is 1. The highest BCUT2D eigenvalue weighted by atomic mass is 35.5. The number of nitrogens with zero attached hydrogens (tertiary/aromatic N) is 2. The minimum absolute atomic E-state index is 0.0851. The molecule has 6 heteroatoms. The molecule has 1 amide bonds. The predicted molar refractivity (Wildman–Crippen MR) is 110 cm³/mol. The third kappa shape index (κ3) is 5.55. The van der Waals surface area contributed by atoms with Gasteiger partial charge in [0.15, 0.2) is 5.78 Å². The van der Waals surface area contributed by atoms with Crippen LogP contribution >= 0.6 is 11.6 Å². The second kappa shape index (κ2) is 9.02. The van der Waals surface area contributed by atoms with E-state index in [-0.39, 0.29) is 24.5 Å². The van der Waals surface area contributed by atoms with Crippen molar-refractivity contribution in [2.24, 2.45) is 0 Å². The van der Waals surface area contributed by atoms with Crippen molar-refractivity contribution in [3.05, 3.63) is 59.1 Å². The van der Waals surface area contributed by atoms with Gasteiger partial charge in [0.1, 0.15) is 0 Å². The minimum atomic E-state index is -0.169. The van der Waals surface area contributed by atoms with Crippen molar-refractivity contribution in [1.29, 1.82) is 0 Å². The fourth-order valence-corrected chi connectivity index (χ4v) is 3.27. The van der Waals surface area contributed by atoms with Crippen LogP contribution in [0.5, 0.6) is 0 Å². The van der Waals surface area contributed by atoms with Crippen LogP contribution in [0, 0.1) is 0 Å². The maximum absolute atomic E-state index is 12.1. The van der Waals surface area contributed by atoms with Crippen LogP contribution in [0.2, 0.25) is 5.02 Å². The topological polar surface area (TPSA) is 52.6 Å². The molecule has 142 valence electrons. The number of Topliss-reactive ketones (excluding diaryl/α,β-unsaturated/α-hetero) is 1. The number of rotatable bonds is 6. The molecule has 2 aromatic rings. The second-order valence-corrected chi connectivity index (χ2v) is 7.26. The molecule has 0 spiro atoms. The number of anilines is 2. The van der Waals surface area contributed by atoms with E-state index in [1.54, 1.807) is 24.3 Å². The molecule has 0 radical (unpaired) electrons. The molecule has 1 aliphatic heterocycles. The number of carbonyl (C=O) groups excluding carboxylic acids is 2. The first kappa shape index (κ1) is 19.4. The van der Waals surface area contributed by atoms with Crippen LogP contribution in [-0.4, -0.2) is 49.8 Å². The third-order valence-corrected chi connectivity index (χ3v) is 4.98. The molecule has 1 aliphatic rings. The zero-order chi connectivity index (χ0) is 19.2. The van der Waals surface area contributed by atoms with E-state index in [4.69, 9.17) is 11.6 Å². The van der Waals surface area contributed by atoms with Gasteiger partial charge in [-0.15, -0.1) is 0 Å². The van der Waals surface area contributed by atoms with E-state index in [0.717, 1.165) is 37.6 Å². The Hall–Kier alpha value is -2.37. The molecule has 1 N–H and O–H groups in total. The quantitative estimate of drug-likeness (QED) is 0.770. The van der Waals surface area contributed by atoms with Crippen LogP contribution in [-0.2, 0) is 4.79 Å². The average Bonchev–Trinajstić information content (AvgIpc) is 2.67. The molecule has 0 atom stereocenters. The molecule has 3 rings (SSSR count). The maximum atomic E-state index is 12.1. The largest absolute Gasteiger partial charge is 0.369 e. The Bertz CT molecular complexity index is 799. The predicted octanol–water partition coefficient (Wildman–Crippen LogP) is 3.69. The number of benzene rings is 2. The normalized spacial score (nSPS) is 14.8. The van der Waals surface area contributed by atoms with Gasteiger partial charge in [-0.3, -0.25) is 9.59 Å². The van der Waals surface area contributed by atoms with E-state index in [9.17, 15) is 9.59 Å². The summed E-state index contributed by atoms with van der Waals surface area (Å²) < 4.78 is 0. The highest BCUT2D eigenvalue weighted by Gasteiger charge is 2.14. The second-order valence-electron chi connectivity index (χ2n) is 6.82.